The van der Waals surface area contributed by atoms with Crippen molar-refractivity contribution < 1.29 is 14.3 Å². The van der Waals surface area contributed by atoms with Gasteiger partial charge < -0.3 is 20.5 Å². The molecule has 0 saturated heterocycles. The van der Waals surface area contributed by atoms with Gasteiger partial charge in [0, 0.05) is 48.8 Å². The van der Waals surface area contributed by atoms with Crippen LogP contribution in [-0.4, -0.2) is 38.2 Å². The summed E-state index contributed by atoms with van der Waals surface area (Å²) in [5.41, 5.74) is 13.1. The van der Waals surface area contributed by atoms with E-state index in [9.17, 15) is 4.79 Å². The van der Waals surface area contributed by atoms with E-state index < -0.39 is 5.41 Å². The molecule has 0 fully saturated rings. The third-order valence-corrected chi connectivity index (χ3v) is 9.49. The topological polar surface area (TPSA) is 76.8 Å². The molecule has 1 aliphatic carbocycles. The molecule has 2 aliphatic rings. The molecule has 3 N–H and O–H groups in total. The molecule has 0 spiro atoms. The number of allylic oxidation sites excluding steroid dienone is 4. The Labute approximate surface area is 247 Å². The number of hydrogen-bond acceptors (Lipinski definition) is 7. The first kappa shape index (κ1) is 29.0. The van der Waals surface area contributed by atoms with E-state index >= 15 is 0 Å². The van der Waals surface area contributed by atoms with Crippen molar-refractivity contribution in [3.63, 3.8) is 0 Å². The van der Waals surface area contributed by atoms with Crippen LogP contribution in [0.15, 0.2) is 77.0 Å². The van der Waals surface area contributed by atoms with Gasteiger partial charge in [0.25, 0.3) is 0 Å². The number of ether oxygens (including phenoxy) is 2. The van der Waals surface area contributed by atoms with Gasteiger partial charge >= 0.3 is 5.97 Å². The first-order valence-corrected chi connectivity index (χ1v) is 15.1. The lowest BCUT2D eigenvalue weighted by molar-refractivity contribution is -0.152. The second kappa shape index (κ2) is 11.7. The number of benzene rings is 2. The molecular weight excluding hydrogens is 530 g/mol. The highest BCUT2D eigenvalue weighted by molar-refractivity contribution is 7.17. The van der Waals surface area contributed by atoms with Gasteiger partial charge in [0.05, 0.1) is 23.9 Å². The minimum Gasteiger partial charge on any atom is -0.492 e. The predicted molar refractivity (Wildman–Crippen MR) is 168 cm³/mol. The predicted octanol–water partition coefficient (Wildman–Crippen LogP) is 6.41. The monoisotopic (exact) mass is 571 g/mol. The van der Waals surface area contributed by atoms with Crippen LogP contribution < -0.4 is 15.8 Å². The lowest BCUT2D eigenvalue weighted by Gasteiger charge is -2.36. The first-order chi connectivity index (χ1) is 19.6. The van der Waals surface area contributed by atoms with Crippen LogP contribution in [0.2, 0.25) is 0 Å². The zero-order valence-corrected chi connectivity index (χ0v) is 25.7. The normalized spacial score (nSPS) is 18.7. The molecule has 0 amide bonds. The van der Waals surface area contributed by atoms with Crippen LogP contribution in [0.25, 0.3) is 10.1 Å². The molecule has 0 saturated carbocycles. The summed E-state index contributed by atoms with van der Waals surface area (Å²) in [4.78, 5) is 15.7. The van der Waals surface area contributed by atoms with Crippen molar-refractivity contribution in [1.29, 1.82) is 0 Å². The van der Waals surface area contributed by atoms with E-state index in [2.05, 4.69) is 71.1 Å². The molecule has 1 aromatic heterocycles. The molecule has 7 heteroatoms. The van der Waals surface area contributed by atoms with Gasteiger partial charge in [-0.05, 0) is 85.0 Å². The van der Waals surface area contributed by atoms with E-state index in [1.165, 1.54) is 33.9 Å². The standard InChI is InChI=1S/C34H41N3O3S/c1-21-7-8-25(31(34(3,4)33(38)39-6)24-9-10-28(36-5)32(35)22(2)15-24)17-26(21)19-37-12-13-40-29-18-30-23(11-14-41-30)16-27(29)20-37/h7-11,14-18,24,31,36H,12-13,19-20,35H2,1-6H3. The fourth-order valence-electron chi connectivity index (χ4n) is 6.21. The Balaban J connectivity index is 1.50. The lowest BCUT2D eigenvalue weighted by Crippen LogP contribution is -2.36. The van der Waals surface area contributed by atoms with E-state index in [-0.39, 0.29) is 17.8 Å². The number of methoxy groups -OCH3 is 1. The number of fused-ring (bicyclic) bond motifs is 2. The molecule has 5 rings (SSSR count). The quantitative estimate of drug-likeness (QED) is 0.319. The van der Waals surface area contributed by atoms with Crippen LogP contribution in [0, 0.1) is 18.3 Å². The number of rotatable bonds is 7. The van der Waals surface area contributed by atoms with Crippen LogP contribution in [0.3, 0.4) is 0 Å². The highest BCUT2D eigenvalue weighted by Gasteiger charge is 2.42. The number of esters is 1. The molecular formula is C34H41N3O3S. The van der Waals surface area contributed by atoms with E-state index in [0.29, 0.717) is 12.3 Å². The summed E-state index contributed by atoms with van der Waals surface area (Å²) in [6.45, 7) is 11.3. The Morgan fingerprint density at radius 3 is 2.80 bits per heavy atom. The third kappa shape index (κ3) is 5.79. The van der Waals surface area contributed by atoms with E-state index in [4.69, 9.17) is 15.2 Å². The number of carbonyl (C=O) groups is 1. The maximum Gasteiger partial charge on any atom is 0.311 e. The van der Waals surface area contributed by atoms with E-state index in [0.717, 1.165) is 42.2 Å². The molecule has 0 bridgehead atoms. The average Bonchev–Trinajstić information content (AvgIpc) is 3.24. The number of thiophene rings is 1. The number of aryl methyl sites for hydroxylation is 1. The molecule has 6 nitrogen and oxygen atoms in total. The number of carbonyl (C=O) groups excluding carboxylic acids is 1. The number of nitrogens with one attached hydrogen (secondary N) is 1. The second-order valence-electron chi connectivity index (χ2n) is 11.7. The summed E-state index contributed by atoms with van der Waals surface area (Å²) >= 11 is 1.75. The fraction of sp³-hybridized carbons (Fsp3) is 0.382. The Morgan fingerprint density at radius 1 is 1.24 bits per heavy atom. The molecule has 1 aliphatic heterocycles. The Morgan fingerprint density at radius 2 is 2.05 bits per heavy atom. The molecule has 0 radical (unpaired) electrons. The summed E-state index contributed by atoms with van der Waals surface area (Å²) in [6.07, 6.45) is 6.36. The number of likely N-dealkylation sites (N-methyl/N-ethyl adjacent to an activating group) is 1. The molecule has 41 heavy (non-hydrogen) atoms. The van der Waals surface area contributed by atoms with Crippen LogP contribution in [-0.2, 0) is 22.6 Å². The van der Waals surface area contributed by atoms with Gasteiger partial charge in [0.15, 0.2) is 0 Å². The summed E-state index contributed by atoms with van der Waals surface area (Å²) in [6, 6.07) is 13.3. The summed E-state index contributed by atoms with van der Waals surface area (Å²) in [5.74, 6) is 0.535. The Bertz CT molecular complexity index is 1550. The SMILES string of the molecule is CNC1=C(N)C(C)=CC(C(c2ccc(C)c(CN3CCOc4cc5sccc5cc4C3)c2)C(C)(C)C(=O)OC)C=C1. The lowest BCUT2D eigenvalue weighted by atomic mass is 9.67. The van der Waals surface area contributed by atoms with Crippen molar-refractivity contribution in [3.05, 3.63) is 99.2 Å². The van der Waals surface area contributed by atoms with Gasteiger partial charge in [-0.15, -0.1) is 11.3 Å². The molecule has 2 unspecified atom stereocenters. The number of nitrogens with zero attached hydrogens (tertiary/aromatic N) is 1. The van der Waals surface area contributed by atoms with Crippen molar-refractivity contribution in [2.45, 2.75) is 46.7 Å². The van der Waals surface area contributed by atoms with Gasteiger partial charge in [-0.25, -0.2) is 0 Å². The molecule has 2 aromatic carbocycles. The largest absolute Gasteiger partial charge is 0.492 e. The van der Waals surface area contributed by atoms with Gasteiger partial charge in [-0.2, -0.15) is 0 Å². The highest BCUT2D eigenvalue weighted by atomic mass is 32.1. The fourth-order valence-corrected chi connectivity index (χ4v) is 7.01. The minimum atomic E-state index is -0.784. The van der Waals surface area contributed by atoms with Crippen molar-refractivity contribution in [1.82, 2.24) is 10.2 Å². The van der Waals surface area contributed by atoms with Gasteiger partial charge in [-0.3, -0.25) is 9.69 Å². The second-order valence-corrected chi connectivity index (χ2v) is 12.7. The van der Waals surface area contributed by atoms with Gasteiger partial charge in [0.1, 0.15) is 12.4 Å². The maximum absolute atomic E-state index is 13.2. The van der Waals surface area contributed by atoms with Crippen molar-refractivity contribution in [3.8, 4) is 5.75 Å². The van der Waals surface area contributed by atoms with Crippen molar-refractivity contribution >= 4 is 27.4 Å². The number of hydrogen-bond donors (Lipinski definition) is 2. The molecule has 216 valence electrons. The Kier molecular flexibility index (Phi) is 8.30. The van der Waals surface area contributed by atoms with Crippen molar-refractivity contribution in [2.75, 3.05) is 27.3 Å². The zero-order valence-electron chi connectivity index (χ0n) is 24.9. The summed E-state index contributed by atoms with van der Waals surface area (Å²) < 4.78 is 12.8. The summed E-state index contributed by atoms with van der Waals surface area (Å²) in [7, 11) is 3.34. The van der Waals surface area contributed by atoms with Crippen molar-refractivity contribution in [2.24, 2.45) is 17.1 Å². The number of nitrogens with two attached hydrogens (primary N) is 1. The highest BCUT2D eigenvalue weighted by Crippen LogP contribution is 2.45. The van der Waals surface area contributed by atoms with Crippen LogP contribution >= 0.6 is 11.3 Å². The summed E-state index contributed by atoms with van der Waals surface area (Å²) in [5, 5.41) is 6.60. The van der Waals surface area contributed by atoms with Crippen LogP contribution in [0.4, 0.5) is 0 Å². The third-order valence-electron chi connectivity index (χ3n) is 8.61. The van der Waals surface area contributed by atoms with Crippen LogP contribution in [0.1, 0.15) is 48.9 Å². The molecule has 3 aromatic rings. The average molecular weight is 572 g/mol. The van der Waals surface area contributed by atoms with E-state index in [1.807, 2.05) is 33.9 Å². The van der Waals surface area contributed by atoms with Gasteiger partial charge in [-0.1, -0.05) is 30.4 Å². The first-order valence-electron chi connectivity index (χ1n) is 14.2. The zero-order chi connectivity index (χ0) is 29.3. The smallest absolute Gasteiger partial charge is 0.311 e. The van der Waals surface area contributed by atoms with Crippen LogP contribution in [0.5, 0.6) is 5.75 Å². The maximum atomic E-state index is 13.2. The van der Waals surface area contributed by atoms with E-state index in [1.54, 1.807) is 11.3 Å². The Hall–Kier alpha value is -3.55. The van der Waals surface area contributed by atoms with Gasteiger partial charge in [0.2, 0.25) is 0 Å². The minimum absolute atomic E-state index is 0.0597. The molecule has 2 heterocycles. The molecule has 2 atom stereocenters.